The molecule has 0 amide bonds. The minimum absolute atomic E-state index is 0.0210. The summed E-state index contributed by atoms with van der Waals surface area (Å²) in [5, 5.41) is 40.6. The first-order chi connectivity index (χ1) is 27.2. The van der Waals surface area contributed by atoms with Crippen molar-refractivity contribution in [3.05, 3.63) is 46.0 Å². The molecule has 0 bridgehead atoms. The van der Waals surface area contributed by atoms with Crippen LogP contribution >= 0.6 is 15.6 Å². The summed E-state index contributed by atoms with van der Waals surface area (Å²) in [6.07, 6.45) is -1.39. The van der Waals surface area contributed by atoms with Gasteiger partial charge in [-0.25, -0.2) is 33.7 Å². The van der Waals surface area contributed by atoms with Crippen molar-refractivity contribution in [3.63, 3.8) is 0 Å². The topological polar surface area (TPSA) is 362 Å². The Morgan fingerprint density at radius 2 is 1.12 bits per heavy atom. The zero-order valence-electron chi connectivity index (χ0n) is 29.9. The second kappa shape index (κ2) is 18.7. The van der Waals surface area contributed by atoms with Gasteiger partial charge in [0.15, 0.2) is 34.8 Å². The van der Waals surface area contributed by atoms with E-state index in [4.69, 9.17) is 33.3 Å². The molecule has 28 heteroatoms. The van der Waals surface area contributed by atoms with Gasteiger partial charge < -0.3 is 64.0 Å². The van der Waals surface area contributed by atoms with Crippen LogP contribution in [0.4, 0.5) is 0 Å². The third-order valence-electron chi connectivity index (χ3n) is 9.19. The van der Waals surface area contributed by atoms with Crippen LogP contribution in [-0.2, 0) is 37.1 Å². The molecule has 4 aliphatic rings. The molecule has 0 saturated carbocycles. The van der Waals surface area contributed by atoms with Crippen LogP contribution in [0.1, 0.15) is 31.7 Å². The molecule has 0 aromatic carbocycles. The van der Waals surface area contributed by atoms with E-state index in [1.165, 1.54) is 52.0 Å². The minimum Gasteiger partial charge on any atom is -0.387 e. The summed E-state index contributed by atoms with van der Waals surface area (Å²) in [4.78, 5) is 71.3. The number of nitrogens with one attached hydrogen (secondary N) is 2. The summed E-state index contributed by atoms with van der Waals surface area (Å²) in [6, 6.07) is 0. The Kier molecular flexibility index (Phi) is 14.1. The van der Waals surface area contributed by atoms with Gasteiger partial charge in [-0.2, -0.15) is 0 Å². The number of aromatic nitrogens is 8. The number of phosphoric acid groups is 1. The highest BCUT2D eigenvalue weighted by atomic mass is 31.2. The van der Waals surface area contributed by atoms with Crippen molar-refractivity contribution in [1.82, 2.24) is 43.7 Å². The number of imidazole rings is 2. The predicted octanol–water partition coefficient (Wildman–Crippen LogP) is -2.78. The molecule has 0 aliphatic carbocycles. The van der Waals surface area contributed by atoms with Crippen LogP contribution in [0.2, 0.25) is 0 Å². The summed E-state index contributed by atoms with van der Waals surface area (Å²) in [6.45, 7) is 2.08. The Hall–Kier alpha value is -3.40. The van der Waals surface area contributed by atoms with E-state index >= 15 is 0 Å². The molecule has 9 atom stereocenters. The van der Waals surface area contributed by atoms with Crippen molar-refractivity contribution in [2.24, 2.45) is 0 Å². The number of H-pyrrole nitrogens is 2. The van der Waals surface area contributed by atoms with Crippen molar-refractivity contribution >= 4 is 37.9 Å². The number of phosphoric ester groups is 1. The first-order valence-electron chi connectivity index (χ1n) is 17.6. The number of aliphatic hydroxyl groups is 4. The van der Waals surface area contributed by atoms with E-state index in [0.717, 1.165) is 19.5 Å². The lowest BCUT2D eigenvalue weighted by atomic mass is 10.1. The van der Waals surface area contributed by atoms with Gasteiger partial charge in [-0.1, -0.05) is 0 Å². The minimum atomic E-state index is -4.74. The van der Waals surface area contributed by atoms with Crippen molar-refractivity contribution in [1.29, 1.82) is 0 Å². The largest absolute Gasteiger partial charge is 0.469 e. The van der Waals surface area contributed by atoms with Crippen LogP contribution in [0.3, 0.4) is 0 Å². The molecule has 4 aromatic heterocycles. The van der Waals surface area contributed by atoms with E-state index < -0.39 is 89.0 Å². The first kappa shape index (κ1) is 43.2. The van der Waals surface area contributed by atoms with E-state index in [-0.39, 0.29) is 35.4 Å². The van der Waals surface area contributed by atoms with E-state index in [9.17, 15) is 44.0 Å². The average molecular weight is 852 g/mol. The fourth-order valence-corrected chi connectivity index (χ4v) is 7.72. The summed E-state index contributed by atoms with van der Waals surface area (Å²) < 4.78 is 57.5. The maximum absolute atomic E-state index is 12.4. The van der Waals surface area contributed by atoms with Gasteiger partial charge in [-0.05, 0) is 19.3 Å². The average Bonchev–Trinajstić information content (AvgIpc) is 3.97. The molecule has 3 unspecified atom stereocenters. The first-order valence-corrected chi connectivity index (χ1v) is 20.6. The summed E-state index contributed by atoms with van der Waals surface area (Å²) in [5.74, 6) is 0. The third kappa shape index (κ3) is 10.3. The van der Waals surface area contributed by atoms with Crippen LogP contribution in [0.25, 0.3) is 22.3 Å². The number of nitrogens with zero attached hydrogens (tertiary/aromatic N) is 7. The lowest BCUT2D eigenvalue weighted by Crippen LogP contribution is -2.36. The fourth-order valence-electron chi connectivity index (χ4n) is 6.21. The van der Waals surface area contributed by atoms with E-state index in [2.05, 4.69) is 34.4 Å². The molecule has 8 rings (SSSR count). The normalized spacial score (nSPS) is 29.4. The number of aliphatic hydroxyl groups excluding tert-OH is 4. The number of rotatable bonds is 9. The molecule has 4 aliphatic heterocycles. The molecule has 316 valence electrons. The van der Waals surface area contributed by atoms with Crippen LogP contribution < -0.4 is 11.1 Å². The summed E-state index contributed by atoms with van der Waals surface area (Å²) >= 11 is 0. The molecule has 9 N–H and O–H groups in total. The zero-order valence-corrected chi connectivity index (χ0v) is 31.7. The molecule has 4 fully saturated rings. The van der Waals surface area contributed by atoms with Crippen LogP contribution in [0.5, 0.6) is 0 Å². The van der Waals surface area contributed by atoms with Crippen molar-refractivity contribution in [3.8, 4) is 0 Å². The van der Waals surface area contributed by atoms with Crippen molar-refractivity contribution < 1.29 is 72.2 Å². The molecular formula is C29H43N9O17P2. The second-order valence-corrected chi connectivity index (χ2v) is 16.1. The molecule has 0 spiro atoms. The Morgan fingerprint density at radius 1 is 0.667 bits per heavy atom. The van der Waals surface area contributed by atoms with Gasteiger partial charge in [0.1, 0.15) is 36.6 Å². The molecule has 4 saturated heterocycles. The molecule has 0 radical (unpaired) electrons. The quantitative estimate of drug-likeness (QED) is 0.0769. The smallest absolute Gasteiger partial charge is 0.387 e. The monoisotopic (exact) mass is 851 g/mol. The van der Waals surface area contributed by atoms with Gasteiger partial charge in [0.2, 0.25) is 0 Å². The fraction of sp³-hybridized carbons (Fsp3) is 0.655. The maximum atomic E-state index is 12.4. The molecular weight excluding hydrogens is 808 g/mol. The van der Waals surface area contributed by atoms with Crippen LogP contribution in [0, 0.1) is 0 Å². The lowest BCUT2D eigenvalue weighted by molar-refractivity contribution is -0.0507. The van der Waals surface area contributed by atoms with Gasteiger partial charge in [-0.3, -0.25) is 27.8 Å². The SMILES string of the molecule is C1CCOCC1.O=c1[nH]cnc2c1ncn2[C@@H]1O[C@H](COP(=O)(O)N2CCOCC2)[C@H](O)C1O.O=c1[nH]cnc2c1ncn2[C@@H]1O[C@H](COP(=O)(O)O)[C@H](O)C1O. The Bertz CT molecular complexity index is 2140. The lowest BCUT2D eigenvalue weighted by Gasteiger charge is -2.30. The summed E-state index contributed by atoms with van der Waals surface area (Å²) in [7, 11) is -8.83. The van der Waals surface area contributed by atoms with Crippen molar-refractivity contribution in [2.45, 2.75) is 68.3 Å². The van der Waals surface area contributed by atoms with Gasteiger partial charge in [0.25, 0.3) is 11.1 Å². The highest BCUT2D eigenvalue weighted by molar-refractivity contribution is 7.50. The number of morpholine rings is 1. The van der Waals surface area contributed by atoms with E-state index in [1.54, 1.807) is 0 Å². The summed E-state index contributed by atoms with van der Waals surface area (Å²) in [5.41, 5.74) is -0.566. The second-order valence-electron chi connectivity index (χ2n) is 13.0. The van der Waals surface area contributed by atoms with Gasteiger partial charge in [-0.15, -0.1) is 0 Å². The molecule has 57 heavy (non-hydrogen) atoms. The number of hydrogen-bond acceptors (Lipinski definition) is 18. The Balaban J connectivity index is 0.000000170. The number of ether oxygens (including phenoxy) is 4. The van der Waals surface area contributed by atoms with Crippen molar-refractivity contribution in [2.75, 3.05) is 52.7 Å². The van der Waals surface area contributed by atoms with Gasteiger partial charge >= 0.3 is 15.6 Å². The molecule has 4 aromatic rings. The highest BCUT2D eigenvalue weighted by Gasteiger charge is 2.47. The van der Waals surface area contributed by atoms with Gasteiger partial charge in [0, 0.05) is 26.3 Å². The number of hydrogen-bond donors (Lipinski definition) is 9. The van der Waals surface area contributed by atoms with Gasteiger partial charge in [0.05, 0.1) is 51.7 Å². The molecule has 8 heterocycles. The van der Waals surface area contributed by atoms with Crippen LogP contribution in [-0.4, -0.2) is 168 Å². The molecule has 26 nitrogen and oxygen atoms in total. The third-order valence-corrected chi connectivity index (χ3v) is 11.3. The predicted molar refractivity (Wildman–Crippen MR) is 189 cm³/mol. The van der Waals surface area contributed by atoms with E-state index in [1.807, 2.05) is 0 Å². The van der Waals surface area contributed by atoms with E-state index in [0.29, 0.717) is 13.2 Å². The Labute approximate surface area is 320 Å². The highest BCUT2D eigenvalue weighted by Crippen LogP contribution is 2.47. The van der Waals surface area contributed by atoms with Crippen LogP contribution in [0.15, 0.2) is 34.9 Å². The number of fused-ring (bicyclic) bond motifs is 2. The maximum Gasteiger partial charge on any atom is 0.469 e. The number of aromatic amines is 2. The Morgan fingerprint density at radius 3 is 1.54 bits per heavy atom. The zero-order chi connectivity index (χ0) is 40.9. The standard InChI is InChI=1S/C14H20N5O8P.C10H13N4O8P.C5H10O/c20-10-8(5-26-28(23,24)18-1-3-25-4-2-18)27-14(11(10)21)19-7-17-9-12(19)15-6-16-13(9)22;15-6-4(1-21-23(18,19)20)22-10(7(6)16)14-3-13-5-8(14)11-2-12-9(5)17;1-2-4-6-5-3-1/h6-8,10-11,14,20-21H,1-5H2,(H,23,24)(H,15,16,22);2-4,6-7,10,15-16H,1H2,(H,11,12,17)(H2,18,19,20);1-5H2/t8-,10+,11?,14-;4-,6+,7?,10-;/m11./s1.